The first-order valence-corrected chi connectivity index (χ1v) is 2.43. The molecule has 0 heterocycles. The Labute approximate surface area is 62.4 Å². The largest absolute Gasteiger partial charge is 0.480 e. The molecule has 0 radical (unpaired) electrons. The lowest BCUT2D eigenvalue weighted by atomic mass is 10.8. The summed E-state index contributed by atoms with van der Waals surface area (Å²) in [5.74, 6) is -2.36. The van der Waals surface area contributed by atoms with E-state index in [9.17, 15) is 4.79 Å². The zero-order chi connectivity index (χ0) is 9.28. The molecule has 6 nitrogen and oxygen atoms in total. The van der Waals surface area contributed by atoms with Crippen molar-refractivity contribution >= 4 is 18.2 Å². The van der Waals surface area contributed by atoms with E-state index in [0.717, 1.165) is 0 Å². The molecule has 0 aliphatic heterocycles. The Hall–Kier alpha value is -1.43. The highest BCUT2D eigenvalue weighted by atomic mass is 16.5. The Morgan fingerprint density at radius 3 is 1.82 bits per heavy atom. The standard InChI is InChI=1S/C3H6O3.C2H2O3/c1-6-2-3(4)5;3-1-2(4)5/h2H2,1H3,(H,4,5);1H,(H,4,5). The summed E-state index contributed by atoms with van der Waals surface area (Å²) in [5, 5.41) is 15.1. The highest BCUT2D eigenvalue weighted by Gasteiger charge is 1.87. The highest BCUT2D eigenvalue weighted by molar-refractivity contribution is 6.19. The minimum Gasteiger partial charge on any atom is -0.480 e. The molecule has 6 heteroatoms. The molecule has 0 aromatic rings. The van der Waals surface area contributed by atoms with Gasteiger partial charge in [0.15, 0.2) is 0 Å². The Morgan fingerprint density at radius 1 is 1.45 bits per heavy atom. The zero-order valence-corrected chi connectivity index (χ0v) is 5.81. The van der Waals surface area contributed by atoms with E-state index < -0.39 is 11.9 Å². The van der Waals surface area contributed by atoms with Gasteiger partial charge >= 0.3 is 11.9 Å². The Balaban J connectivity index is 0. The summed E-state index contributed by atoms with van der Waals surface area (Å²) in [4.78, 5) is 27.4. The van der Waals surface area contributed by atoms with Gasteiger partial charge in [0.25, 0.3) is 0 Å². The number of aliphatic carboxylic acids is 2. The number of rotatable bonds is 3. The van der Waals surface area contributed by atoms with Crippen LogP contribution in [0.3, 0.4) is 0 Å². The van der Waals surface area contributed by atoms with Gasteiger partial charge in [-0.3, -0.25) is 4.79 Å². The van der Waals surface area contributed by atoms with Crippen LogP contribution in [0.4, 0.5) is 0 Å². The second kappa shape index (κ2) is 8.57. The van der Waals surface area contributed by atoms with Gasteiger partial charge in [-0.05, 0) is 0 Å². The van der Waals surface area contributed by atoms with Crippen LogP contribution in [0.15, 0.2) is 0 Å². The van der Waals surface area contributed by atoms with Gasteiger partial charge in [-0.15, -0.1) is 0 Å². The lowest BCUT2D eigenvalue weighted by Gasteiger charge is -1.83. The van der Waals surface area contributed by atoms with Crippen molar-refractivity contribution in [1.82, 2.24) is 0 Å². The minimum atomic E-state index is -1.43. The van der Waals surface area contributed by atoms with Crippen molar-refractivity contribution in [3.8, 4) is 0 Å². The average Bonchev–Trinajstić information content (AvgIpc) is 1.89. The van der Waals surface area contributed by atoms with Crippen molar-refractivity contribution < 1.29 is 29.3 Å². The average molecular weight is 164 g/mol. The van der Waals surface area contributed by atoms with Gasteiger partial charge in [0.1, 0.15) is 6.61 Å². The van der Waals surface area contributed by atoms with E-state index in [1.165, 1.54) is 7.11 Å². The third-order valence-corrected chi connectivity index (χ3v) is 0.369. The molecule has 0 bridgehead atoms. The first-order chi connectivity index (χ1) is 5.04. The second-order valence-corrected chi connectivity index (χ2v) is 1.28. The monoisotopic (exact) mass is 164 g/mol. The van der Waals surface area contributed by atoms with Crippen molar-refractivity contribution in [2.24, 2.45) is 0 Å². The molecule has 2 N–H and O–H groups in total. The van der Waals surface area contributed by atoms with Gasteiger partial charge in [-0.2, -0.15) is 0 Å². The molecule has 0 unspecified atom stereocenters. The molecular formula is C5H8O6. The maximum Gasteiger partial charge on any atom is 0.368 e. The summed E-state index contributed by atoms with van der Waals surface area (Å²) in [6, 6.07) is 0. The number of carbonyl (C=O) groups excluding carboxylic acids is 1. The molecule has 0 spiro atoms. The molecule has 0 saturated heterocycles. The molecule has 11 heavy (non-hydrogen) atoms. The van der Waals surface area contributed by atoms with Crippen LogP contribution in [0.1, 0.15) is 0 Å². The summed E-state index contributed by atoms with van der Waals surface area (Å²) in [6.45, 7) is -0.208. The SMILES string of the molecule is COCC(=O)O.O=CC(=O)O. The quantitative estimate of drug-likeness (QED) is 0.409. The molecule has 64 valence electrons. The zero-order valence-electron chi connectivity index (χ0n) is 5.81. The fourth-order valence-electron chi connectivity index (χ4n) is 0.123. The van der Waals surface area contributed by atoms with Gasteiger partial charge in [-0.25, -0.2) is 9.59 Å². The van der Waals surface area contributed by atoms with E-state index in [4.69, 9.17) is 19.8 Å². The normalized spacial score (nSPS) is 7.36. The van der Waals surface area contributed by atoms with Crippen molar-refractivity contribution in [2.75, 3.05) is 13.7 Å². The van der Waals surface area contributed by atoms with Crippen LogP contribution in [0.5, 0.6) is 0 Å². The summed E-state index contributed by atoms with van der Waals surface area (Å²) >= 11 is 0. The molecule has 0 amide bonds. The van der Waals surface area contributed by atoms with Crippen LogP contribution in [0.2, 0.25) is 0 Å². The minimum absolute atomic E-state index is 0.167. The summed E-state index contributed by atoms with van der Waals surface area (Å²) in [6.07, 6.45) is -0.167. The summed E-state index contributed by atoms with van der Waals surface area (Å²) in [5.41, 5.74) is 0. The predicted octanol–water partition coefficient (Wildman–Crippen LogP) is -1.01. The molecule has 0 atom stereocenters. The number of aldehydes is 1. The van der Waals surface area contributed by atoms with Crippen LogP contribution < -0.4 is 0 Å². The maximum atomic E-state index is 9.47. The first-order valence-electron chi connectivity index (χ1n) is 2.43. The van der Waals surface area contributed by atoms with Crippen molar-refractivity contribution in [3.63, 3.8) is 0 Å². The van der Waals surface area contributed by atoms with Crippen LogP contribution in [-0.4, -0.2) is 42.2 Å². The van der Waals surface area contributed by atoms with Crippen LogP contribution >= 0.6 is 0 Å². The number of carbonyl (C=O) groups is 3. The topological polar surface area (TPSA) is 101 Å². The van der Waals surface area contributed by atoms with Gasteiger partial charge in [-0.1, -0.05) is 0 Å². The molecule has 0 aliphatic rings. The van der Waals surface area contributed by atoms with E-state index in [1.807, 2.05) is 0 Å². The molecule has 0 aliphatic carbocycles. The molecule has 0 aromatic carbocycles. The van der Waals surface area contributed by atoms with Gasteiger partial charge < -0.3 is 14.9 Å². The van der Waals surface area contributed by atoms with Gasteiger partial charge in [0.2, 0.25) is 6.29 Å². The fourth-order valence-corrected chi connectivity index (χ4v) is 0.123. The Morgan fingerprint density at radius 2 is 1.82 bits per heavy atom. The Kier molecular flexibility index (Phi) is 9.56. The molecule has 0 saturated carbocycles. The van der Waals surface area contributed by atoms with Gasteiger partial charge in [0, 0.05) is 7.11 Å². The summed E-state index contributed by atoms with van der Waals surface area (Å²) < 4.78 is 4.20. The molecule has 0 rings (SSSR count). The van der Waals surface area contributed by atoms with Gasteiger partial charge in [0.05, 0.1) is 0 Å². The molecule has 0 fully saturated rings. The fraction of sp³-hybridized carbons (Fsp3) is 0.400. The van der Waals surface area contributed by atoms with Crippen LogP contribution in [-0.2, 0) is 19.1 Å². The van der Waals surface area contributed by atoms with Crippen molar-refractivity contribution in [3.05, 3.63) is 0 Å². The van der Waals surface area contributed by atoms with E-state index in [2.05, 4.69) is 4.74 Å². The molecule has 0 aromatic heterocycles. The van der Waals surface area contributed by atoms with E-state index >= 15 is 0 Å². The highest BCUT2D eigenvalue weighted by Crippen LogP contribution is 1.61. The number of hydrogen-bond acceptors (Lipinski definition) is 4. The Bertz CT molecular complexity index is 140. The van der Waals surface area contributed by atoms with Crippen LogP contribution in [0.25, 0.3) is 0 Å². The van der Waals surface area contributed by atoms with Crippen molar-refractivity contribution in [2.45, 2.75) is 0 Å². The lowest BCUT2D eigenvalue weighted by molar-refractivity contribution is -0.143. The van der Waals surface area contributed by atoms with Crippen molar-refractivity contribution in [1.29, 1.82) is 0 Å². The number of methoxy groups -OCH3 is 1. The maximum absolute atomic E-state index is 9.47. The number of carboxylic acids is 2. The molecular weight excluding hydrogens is 156 g/mol. The van der Waals surface area contributed by atoms with Crippen LogP contribution in [0, 0.1) is 0 Å². The van der Waals surface area contributed by atoms with E-state index in [0.29, 0.717) is 0 Å². The second-order valence-electron chi connectivity index (χ2n) is 1.28. The predicted molar refractivity (Wildman–Crippen MR) is 33.2 cm³/mol. The third kappa shape index (κ3) is 29.0. The lowest BCUT2D eigenvalue weighted by Crippen LogP contribution is -2.02. The first kappa shape index (κ1) is 12.3. The van der Waals surface area contributed by atoms with E-state index in [1.54, 1.807) is 0 Å². The third-order valence-electron chi connectivity index (χ3n) is 0.369. The van der Waals surface area contributed by atoms with E-state index in [-0.39, 0.29) is 12.9 Å². The number of ether oxygens (including phenoxy) is 1. The summed E-state index contributed by atoms with van der Waals surface area (Å²) in [7, 11) is 1.34. The smallest absolute Gasteiger partial charge is 0.368 e. The number of hydrogen-bond donors (Lipinski definition) is 2. The number of carboxylic acid groups (broad SMARTS) is 2.